The quantitative estimate of drug-likeness (QED) is 0.907. The molecule has 1 aromatic heterocycles. The van der Waals surface area contributed by atoms with E-state index >= 15 is 0 Å². The van der Waals surface area contributed by atoms with E-state index in [1.54, 1.807) is 6.92 Å². The van der Waals surface area contributed by atoms with Gasteiger partial charge in [0.25, 0.3) is 0 Å². The molecular weight excluding hydrogens is 316 g/mol. The molecule has 112 valence electrons. The summed E-state index contributed by atoms with van der Waals surface area (Å²) in [6.45, 7) is 1.94. The maximum absolute atomic E-state index is 12.2. The van der Waals surface area contributed by atoms with Crippen LogP contribution in [-0.2, 0) is 16.4 Å². The summed E-state index contributed by atoms with van der Waals surface area (Å²) in [6.07, 6.45) is 1.46. The summed E-state index contributed by atoms with van der Waals surface area (Å²) in [5.74, 6) is -1.24. The van der Waals surface area contributed by atoms with Gasteiger partial charge < -0.3 is 5.11 Å². The largest absolute Gasteiger partial charge is 0.478 e. The van der Waals surface area contributed by atoms with Crippen LogP contribution in [-0.4, -0.2) is 35.0 Å². The van der Waals surface area contributed by atoms with Crippen molar-refractivity contribution in [3.05, 3.63) is 46.7 Å². The zero-order valence-corrected chi connectivity index (χ0v) is 12.7. The first-order chi connectivity index (χ1) is 9.81. The van der Waals surface area contributed by atoms with E-state index in [2.05, 4.69) is 5.10 Å². The number of carboxylic acid groups (broad SMARTS) is 1. The van der Waals surface area contributed by atoms with Crippen molar-refractivity contribution in [2.24, 2.45) is 0 Å². The van der Waals surface area contributed by atoms with Gasteiger partial charge in [0.1, 0.15) is 0 Å². The number of hydrogen-bond donors (Lipinski definition) is 1. The summed E-state index contributed by atoms with van der Waals surface area (Å²) < 4.78 is 25.9. The Morgan fingerprint density at radius 1 is 1.33 bits per heavy atom. The molecule has 0 saturated heterocycles. The third kappa shape index (κ3) is 3.43. The number of halogens is 1. The molecule has 0 spiro atoms. The first-order valence-corrected chi connectivity index (χ1v) is 8.08. The number of sulfone groups is 1. The van der Waals surface area contributed by atoms with Gasteiger partial charge in [0, 0.05) is 0 Å². The number of aromatic carboxylic acids is 1. The fourth-order valence-electron chi connectivity index (χ4n) is 1.78. The van der Waals surface area contributed by atoms with Gasteiger partial charge in [0.15, 0.2) is 9.84 Å². The standard InChI is InChI=1S/C13H13ClN2O4S/c1-9-12(14)8-15-16(9)6-7-21(19,20)11-4-2-10(3-5-11)13(17)18/h2-5,8H,6-7H2,1H3,(H,17,18). The molecule has 1 heterocycles. The predicted octanol–water partition coefficient (Wildman–Crippen LogP) is 2.02. The van der Waals surface area contributed by atoms with Gasteiger partial charge in [-0.1, -0.05) is 11.6 Å². The highest BCUT2D eigenvalue weighted by Crippen LogP contribution is 2.16. The van der Waals surface area contributed by atoms with Crippen LogP contribution in [0.2, 0.25) is 5.02 Å². The van der Waals surface area contributed by atoms with Crippen LogP contribution in [0.4, 0.5) is 0 Å². The molecule has 0 bridgehead atoms. The summed E-state index contributed by atoms with van der Waals surface area (Å²) >= 11 is 5.86. The molecule has 0 aliphatic heterocycles. The average Bonchev–Trinajstić information content (AvgIpc) is 2.77. The molecule has 0 atom stereocenters. The minimum Gasteiger partial charge on any atom is -0.478 e. The van der Waals surface area contributed by atoms with E-state index in [0.717, 1.165) is 0 Å². The van der Waals surface area contributed by atoms with Crippen LogP contribution in [0.15, 0.2) is 35.4 Å². The van der Waals surface area contributed by atoms with Crippen molar-refractivity contribution in [2.75, 3.05) is 5.75 Å². The van der Waals surface area contributed by atoms with Crippen molar-refractivity contribution in [3.63, 3.8) is 0 Å². The van der Waals surface area contributed by atoms with E-state index in [0.29, 0.717) is 10.7 Å². The number of rotatable bonds is 5. The lowest BCUT2D eigenvalue weighted by molar-refractivity contribution is 0.0696. The maximum Gasteiger partial charge on any atom is 0.335 e. The third-order valence-corrected chi connectivity index (χ3v) is 5.16. The lowest BCUT2D eigenvalue weighted by Crippen LogP contribution is -2.15. The van der Waals surface area contributed by atoms with Crippen molar-refractivity contribution >= 4 is 27.4 Å². The fourth-order valence-corrected chi connectivity index (χ4v) is 3.12. The highest BCUT2D eigenvalue weighted by Gasteiger charge is 2.16. The molecule has 0 amide bonds. The molecule has 0 aliphatic rings. The van der Waals surface area contributed by atoms with E-state index in [9.17, 15) is 13.2 Å². The molecule has 2 rings (SSSR count). The van der Waals surface area contributed by atoms with Crippen LogP contribution < -0.4 is 0 Å². The van der Waals surface area contributed by atoms with Crippen LogP contribution in [0.5, 0.6) is 0 Å². The predicted molar refractivity (Wildman–Crippen MR) is 77.4 cm³/mol. The molecule has 2 aromatic rings. The Morgan fingerprint density at radius 2 is 1.95 bits per heavy atom. The molecule has 0 radical (unpaired) electrons. The number of carbonyl (C=O) groups is 1. The number of nitrogens with zero attached hydrogens (tertiary/aromatic N) is 2. The van der Waals surface area contributed by atoms with E-state index in [4.69, 9.17) is 16.7 Å². The molecule has 0 unspecified atom stereocenters. The van der Waals surface area contributed by atoms with Crippen LogP contribution >= 0.6 is 11.6 Å². The lowest BCUT2D eigenvalue weighted by atomic mass is 10.2. The van der Waals surface area contributed by atoms with Crippen LogP contribution in [0.3, 0.4) is 0 Å². The highest BCUT2D eigenvalue weighted by molar-refractivity contribution is 7.91. The topological polar surface area (TPSA) is 89.3 Å². The van der Waals surface area contributed by atoms with E-state index in [1.807, 2.05) is 0 Å². The van der Waals surface area contributed by atoms with E-state index in [1.165, 1.54) is 35.1 Å². The van der Waals surface area contributed by atoms with Gasteiger partial charge in [0.2, 0.25) is 0 Å². The smallest absolute Gasteiger partial charge is 0.335 e. The Labute approximate surface area is 126 Å². The Balaban J connectivity index is 2.15. The van der Waals surface area contributed by atoms with E-state index in [-0.39, 0.29) is 22.8 Å². The molecular formula is C13H13ClN2O4S. The Morgan fingerprint density at radius 3 is 2.43 bits per heavy atom. The van der Waals surface area contributed by atoms with Crippen molar-refractivity contribution in [3.8, 4) is 0 Å². The molecule has 21 heavy (non-hydrogen) atoms. The number of carboxylic acids is 1. The van der Waals surface area contributed by atoms with Crippen molar-refractivity contribution in [1.29, 1.82) is 0 Å². The monoisotopic (exact) mass is 328 g/mol. The number of hydrogen-bond acceptors (Lipinski definition) is 4. The third-order valence-electron chi connectivity index (χ3n) is 3.08. The second-order valence-corrected chi connectivity index (χ2v) is 6.97. The molecule has 0 fully saturated rings. The van der Waals surface area contributed by atoms with Crippen molar-refractivity contribution in [2.45, 2.75) is 18.4 Å². The van der Waals surface area contributed by atoms with Crippen molar-refractivity contribution in [1.82, 2.24) is 9.78 Å². The Bertz CT molecular complexity index is 766. The van der Waals surface area contributed by atoms with Crippen LogP contribution in [0.1, 0.15) is 16.1 Å². The lowest BCUT2D eigenvalue weighted by Gasteiger charge is -2.07. The minimum absolute atomic E-state index is 0.0450. The molecule has 1 N–H and O–H groups in total. The van der Waals surface area contributed by atoms with Gasteiger partial charge in [-0.25, -0.2) is 13.2 Å². The zero-order valence-electron chi connectivity index (χ0n) is 11.2. The average molecular weight is 329 g/mol. The minimum atomic E-state index is -3.51. The second-order valence-electron chi connectivity index (χ2n) is 4.45. The normalized spacial score (nSPS) is 11.5. The summed E-state index contributed by atoms with van der Waals surface area (Å²) in [5.41, 5.74) is 0.747. The maximum atomic E-state index is 12.2. The van der Waals surface area contributed by atoms with Gasteiger partial charge in [-0.05, 0) is 31.2 Å². The summed E-state index contributed by atoms with van der Waals surface area (Å²) in [5, 5.41) is 13.3. The van der Waals surface area contributed by atoms with Gasteiger partial charge in [-0.2, -0.15) is 5.10 Å². The van der Waals surface area contributed by atoms with Gasteiger partial charge >= 0.3 is 5.97 Å². The molecule has 1 aromatic carbocycles. The summed E-state index contributed by atoms with van der Waals surface area (Å²) in [7, 11) is -3.51. The second kappa shape index (κ2) is 5.87. The molecule has 0 aliphatic carbocycles. The van der Waals surface area contributed by atoms with Crippen molar-refractivity contribution < 1.29 is 18.3 Å². The number of benzene rings is 1. The van der Waals surface area contributed by atoms with Gasteiger partial charge in [0.05, 0.1) is 39.7 Å². The fraction of sp³-hybridized carbons (Fsp3) is 0.231. The zero-order chi connectivity index (χ0) is 15.6. The molecule has 8 heteroatoms. The van der Waals surface area contributed by atoms with Gasteiger partial charge in [-0.15, -0.1) is 0 Å². The highest BCUT2D eigenvalue weighted by atomic mass is 35.5. The van der Waals surface area contributed by atoms with Gasteiger partial charge in [-0.3, -0.25) is 4.68 Å². The Kier molecular flexibility index (Phi) is 4.34. The molecule has 6 nitrogen and oxygen atoms in total. The Hall–Kier alpha value is -1.86. The number of aryl methyl sites for hydroxylation is 1. The first-order valence-electron chi connectivity index (χ1n) is 6.05. The van der Waals surface area contributed by atoms with Crippen LogP contribution in [0, 0.1) is 6.92 Å². The summed E-state index contributed by atoms with van der Waals surface area (Å²) in [6, 6.07) is 5.12. The first kappa shape index (κ1) is 15.5. The SMILES string of the molecule is Cc1c(Cl)cnn1CCS(=O)(=O)c1ccc(C(=O)O)cc1. The summed E-state index contributed by atoms with van der Waals surface area (Å²) in [4.78, 5) is 10.8. The van der Waals surface area contributed by atoms with Crippen LogP contribution in [0.25, 0.3) is 0 Å². The van der Waals surface area contributed by atoms with E-state index < -0.39 is 15.8 Å². The number of aromatic nitrogens is 2. The molecule has 0 saturated carbocycles.